The lowest BCUT2D eigenvalue weighted by molar-refractivity contribution is -0.140. The fraction of sp³-hybridized carbons (Fsp3) is 0.583. The molecule has 2 heterocycles. The van der Waals surface area contributed by atoms with Crippen LogP contribution in [0.4, 0.5) is 0 Å². The van der Waals surface area contributed by atoms with E-state index >= 15 is 0 Å². The predicted molar refractivity (Wildman–Crippen MR) is 69.0 cm³/mol. The number of aromatic nitrogens is 2. The average Bonchev–Trinajstić information content (AvgIpc) is 2.41. The summed E-state index contributed by atoms with van der Waals surface area (Å²) in [5.74, 6) is 0.217. The van der Waals surface area contributed by atoms with Crippen molar-refractivity contribution in [3.05, 3.63) is 11.8 Å². The summed E-state index contributed by atoms with van der Waals surface area (Å²) in [5.41, 5.74) is -0.824. The van der Waals surface area contributed by atoms with Crippen molar-refractivity contribution in [2.24, 2.45) is 0 Å². The number of ether oxygens (including phenoxy) is 2. The van der Waals surface area contributed by atoms with Gasteiger partial charge < -0.3 is 14.6 Å². The molecule has 1 saturated heterocycles. The van der Waals surface area contributed by atoms with Gasteiger partial charge in [-0.2, -0.15) is 10.2 Å². The van der Waals surface area contributed by atoms with E-state index < -0.39 is 11.7 Å². The molecule has 102 valence electrons. The van der Waals surface area contributed by atoms with Crippen LogP contribution in [0, 0.1) is 11.3 Å². The van der Waals surface area contributed by atoms with Crippen molar-refractivity contribution < 1.29 is 14.6 Å². The third-order valence-corrected chi connectivity index (χ3v) is 3.46. The molecule has 0 amide bonds. The van der Waals surface area contributed by atoms with Crippen LogP contribution in [-0.4, -0.2) is 46.2 Å². The lowest BCUT2D eigenvalue weighted by Crippen LogP contribution is -2.51. The Morgan fingerprint density at radius 3 is 3.11 bits per heavy atom. The molecule has 19 heavy (non-hydrogen) atoms. The zero-order valence-electron chi connectivity index (χ0n) is 10.8. The van der Waals surface area contributed by atoms with Crippen LogP contribution in [0.1, 0.15) is 18.9 Å². The molecule has 1 N–H and O–H groups in total. The van der Waals surface area contributed by atoms with Crippen LogP contribution < -0.4 is 4.74 Å². The van der Waals surface area contributed by atoms with Crippen molar-refractivity contribution in [1.29, 1.82) is 5.26 Å². The Morgan fingerprint density at radius 1 is 1.68 bits per heavy atom. The zero-order valence-corrected chi connectivity index (χ0v) is 11.6. The number of nitriles is 1. The number of rotatable bonds is 3. The highest BCUT2D eigenvalue weighted by Gasteiger charge is 2.38. The maximum absolute atomic E-state index is 10.2. The molecular weight excluding hydrogens is 266 g/mol. The van der Waals surface area contributed by atoms with Gasteiger partial charge in [-0.05, 0) is 13.2 Å². The molecule has 1 aromatic heterocycles. The van der Waals surface area contributed by atoms with Gasteiger partial charge in [-0.1, -0.05) is 11.8 Å². The lowest BCUT2D eigenvalue weighted by atomic mass is 9.95. The van der Waals surface area contributed by atoms with E-state index in [1.54, 1.807) is 6.92 Å². The van der Waals surface area contributed by atoms with Gasteiger partial charge in [0.15, 0.2) is 5.16 Å². The molecule has 6 nitrogen and oxygen atoms in total. The Morgan fingerprint density at radius 2 is 2.47 bits per heavy atom. The SMILES string of the molecule is CSc1ncc(C#N)c(O[C@H]2CCOC[C@@]2(C)O)n1. The van der Waals surface area contributed by atoms with Gasteiger partial charge in [0.05, 0.1) is 19.4 Å². The Labute approximate surface area is 115 Å². The van der Waals surface area contributed by atoms with Gasteiger partial charge in [0, 0.05) is 6.42 Å². The van der Waals surface area contributed by atoms with E-state index in [0.717, 1.165) is 0 Å². The van der Waals surface area contributed by atoms with E-state index in [2.05, 4.69) is 9.97 Å². The maximum Gasteiger partial charge on any atom is 0.236 e. The first-order valence-electron chi connectivity index (χ1n) is 5.84. The van der Waals surface area contributed by atoms with Gasteiger partial charge in [0.1, 0.15) is 23.3 Å². The van der Waals surface area contributed by atoms with Crippen molar-refractivity contribution in [2.75, 3.05) is 19.5 Å². The number of hydrogen-bond donors (Lipinski definition) is 1. The summed E-state index contributed by atoms with van der Waals surface area (Å²) in [5, 5.41) is 19.8. The Balaban J connectivity index is 2.24. The van der Waals surface area contributed by atoms with E-state index in [-0.39, 0.29) is 18.1 Å². The number of aliphatic hydroxyl groups is 1. The molecule has 2 atom stereocenters. The molecule has 7 heteroatoms. The van der Waals surface area contributed by atoms with Gasteiger partial charge in [0.25, 0.3) is 0 Å². The van der Waals surface area contributed by atoms with Crippen LogP contribution in [-0.2, 0) is 4.74 Å². The van der Waals surface area contributed by atoms with E-state index in [1.807, 2.05) is 12.3 Å². The highest BCUT2D eigenvalue weighted by Crippen LogP contribution is 2.26. The molecule has 1 aromatic rings. The number of thioether (sulfide) groups is 1. The maximum atomic E-state index is 10.2. The molecule has 2 rings (SSSR count). The molecular formula is C12H15N3O3S. The first kappa shape index (κ1) is 14.1. The quantitative estimate of drug-likeness (QED) is 0.652. The minimum Gasteiger partial charge on any atom is -0.470 e. The summed E-state index contributed by atoms with van der Waals surface area (Å²) < 4.78 is 10.9. The van der Waals surface area contributed by atoms with Crippen LogP contribution in [0.5, 0.6) is 5.88 Å². The van der Waals surface area contributed by atoms with Gasteiger partial charge in [-0.3, -0.25) is 0 Å². The molecule has 0 unspecified atom stereocenters. The lowest BCUT2D eigenvalue weighted by Gasteiger charge is -2.36. The Hall–Kier alpha value is -1.36. The fourth-order valence-corrected chi connectivity index (χ4v) is 2.14. The monoisotopic (exact) mass is 281 g/mol. The van der Waals surface area contributed by atoms with Crippen LogP contribution in [0.3, 0.4) is 0 Å². The second kappa shape index (κ2) is 5.74. The van der Waals surface area contributed by atoms with Crippen LogP contribution in [0.25, 0.3) is 0 Å². The van der Waals surface area contributed by atoms with E-state index in [1.165, 1.54) is 18.0 Å². The zero-order chi connectivity index (χ0) is 13.9. The fourth-order valence-electron chi connectivity index (χ4n) is 1.81. The van der Waals surface area contributed by atoms with Gasteiger partial charge in [-0.25, -0.2) is 4.98 Å². The second-order valence-corrected chi connectivity index (χ2v) is 5.27. The molecule has 0 saturated carbocycles. The highest BCUT2D eigenvalue weighted by molar-refractivity contribution is 7.98. The van der Waals surface area contributed by atoms with Gasteiger partial charge in [0.2, 0.25) is 5.88 Å². The molecule has 0 aromatic carbocycles. The summed E-state index contributed by atoms with van der Waals surface area (Å²) in [6.45, 7) is 2.38. The average molecular weight is 281 g/mol. The van der Waals surface area contributed by atoms with Gasteiger partial charge >= 0.3 is 0 Å². The first-order valence-corrected chi connectivity index (χ1v) is 7.07. The topological polar surface area (TPSA) is 88.3 Å². The predicted octanol–water partition coefficient (Wildman–Crippen LogP) is 0.989. The summed E-state index contributed by atoms with van der Waals surface area (Å²) in [6.07, 6.45) is 3.38. The Kier molecular flexibility index (Phi) is 4.24. The smallest absolute Gasteiger partial charge is 0.236 e. The van der Waals surface area contributed by atoms with Crippen LogP contribution in [0.15, 0.2) is 11.4 Å². The second-order valence-electron chi connectivity index (χ2n) is 4.49. The summed E-state index contributed by atoms with van der Waals surface area (Å²) in [6, 6.07) is 1.99. The standard InChI is InChI=1S/C12H15N3O3S/c1-12(16)7-17-4-3-9(12)18-10-8(5-13)6-14-11(15-10)19-2/h6,9,16H,3-4,7H2,1-2H3/t9-,12+/m0/s1. The number of hydrogen-bond acceptors (Lipinski definition) is 7. The Bertz CT molecular complexity index is 501. The third kappa shape index (κ3) is 3.15. The summed E-state index contributed by atoms with van der Waals surface area (Å²) in [7, 11) is 0. The van der Waals surface area contributed by atoms with Crippen molar-refractivity contribution in [3.63, 3.8) is 0 Å². The van der Waals surface area contributed by atoms with E-state index in [9.17, 15) is 5.11 Å². The first-order chi connectivity index (χ1) is 9.06. The van der Waals surface area contributed by atoms with Gasteiger partial charge in [-0.15, -0.1) is 0 Å². The van der Waals surface area contributed by atoms with Crippen LogP contribution in [0.2, 0.25) is 0 Å². The molecule has 0 bridgehead atoms. The van der Waals surface area contributed by atoms with E-state index in [0.29, 0.717) is 18.2 Å². The largest absolute Gasteiger partial charge is 0.470 e. The van der Waals surface area contributed by atoms with Crippen molar-refractivity contribution >= 4 is 11.8 Å². The minimum absolute atomic E-state index is 0.208. The van der Waals surface area contributed by atoms with Crippen molar-refractivity contribution in [2.45, 2.75) is 30.2 Å². The molecule has 0 radical (unpaired) electrons. The van der Waals surface area contributed by atoms with Crippen molar-refractivity contribution in [3.8, 4) is 11.9 Å². The molecule has 1 aliphatic rings. The third-order valence-electron chi connectivity index (χ3n) is 2.90. The van der Waals surface area contributed by atoms with E-state index in [4.69, 9.17) is 14.7 Å². The summed E-state index contributed by atoms with van der Waals surface area (Å²) in [4.78, 5) is 8.20. The molecule has 0 aliphatic carbocycles. The van der Waals surface area contributed by atoms with Crippen molar-refractivity contribution in [1.82, 2.24) is 9.97 Å². The normalized spacial score (nSPS) is 26.7. The number of nitrogens with zero attached hydrogens (tertiary/aromatic N) is 3. The minimum atomic E-state index is -1.09. The molecule has 1 fully saturated rings. The summed E-state index contributed by atoms with van der Waals surface area (Å²) >= 11 is 1.37. The molecule has 1 aliphatic heterocycles. The molecule has 0 spiro atoms. The highest BCUT2D eigenvalue weighted by atomic mass is 32.2. The van der Waals surface area contributed by atoms with Crippen LogP contribution >= 0.6 is 11.8 Å².